The van der Waals surface area contributed by atoms with E-state index in [1.165, 1.54) is 0 Å². The quantitative estimate of drug-likeness (QED) is 0.239. The largest absolute Gasteiger partial charge is 0.573 e. The monoisotopic (exact) mass is 528 g/mol. The van der Waals surface area contributed by atoms with Gasteiger partial charge >= 0.3 is 12.5 Å². The molecular formula is C25H25F9O2. The van der Waals surface area contributed by atoms with E-state index in [9.17, 15) is 39.5 Å². The maximum atomic E-state index is 14.7. The summed E-state index contributed by atoms with van der Waals surface area (Å²) < 4.78 is 130. The van der Waals surface area contributed by atoms with Gasteiger partial charge in [0.05, 0.1) is 0 Å². The highest BCUT2D eigenvalue weighted by atomic mass is 19.4. The third kappa shape index (κ3) is 7.00. The lowest BCUT2D eigenvalue weighted by atomic mass is 9.77. The highest BCUT2D eigenvalue weighted by Gasteiger charge is 2.42. The van der Waals surface area contributed by atoms with Gasteiger partial charge in [-0.05, 0) is 55.2 Å². The van der Waals surface area contributed by atoms with Gasteiger partial charge in [-0.3, -0.25) is 0 Å². The predicted octanol–water partition coefficient (Wildman–Crippen LogP) is 9.12. The van der Waals surface area contributed by atoms with Gasteiger partial charge in [0.25, 0.3) is 0 Å². The van der Waals surface area contributed by atoms with Gasteiger partial charge in [-0.1, -0.05) is 32.6 Å². The molecule has 0 heterocycles. The zero-order chi connectivity index (χ0) is 26.7. The molecule has 0 amide bonds. The number of benzene rings is 2. The zero-order valence-corrected chi connectivity index (χ0v) is 19.3. The standard InChI is InChI=1S/C25H25F9O2/c1-2-3-4-5-14-6-8-15(9-7-14)16-10-18(26)22(19(27)11-16)24(30,31)35-17-12-20(28)23(21(29)13-17)36-25(32,33)34/h10-15H,2-9H2,1H3/t14-,15-. The van der Waals surface area contributed by atoms with Crippen LogP contribution in [-0.4, -0.2) is 6.36 Å². The molecule has 0 atom stereocenters. The van der Waals surface area contributed by atoms with E-state index in [-0.39, 0.29) is 23.6 Å². The zero-order valence-electron chi connectivity index (χ0n) is 19.3. The van der Waals surface area contributed by atoms with Crippen LogP contribution in [0.3, 0.4) is 0 Å². The van der Waals surface area contributed by atoms with Gasteiger partial charge in [0.1, 0.15) is 22.9 Å². The van der Waals surface area contributed by atoms with E-state index in [2.05, 4.69) is 16.4 Å². The van der Waals surface area contributed by atoms with Crippen molar-refractivity contribution in [2.45, 2.75) is 76.7 Å². The van der Waals surface area contributed by atoms with Crippen molar-refractivity contribution in [1.29, 1.82) is 0 Å². The van der Waals surface area contributed by atoms with Crippen LogP contribution in [0.1, 0.15) is 75.3 Å². The Morgan fingerprint density at radius 1 is 0.750 bits per heavy atom. The summed E-state index contributed by atoms with van der Waals surface area (Å²) in [5.74, 6) is -10.1. The topological polar surface area (TPSA) is 18.5 Å². The number of halogens is 9. The number of ether oxygens (including phenoxy) is 2. The summed E-state index contributed by atoms with van der Waals surface area (Å²) in [6.45, 7) is 2.11. The molecule has 2 aromatic carbocycles. The Morgan fingerprint density at radius 2 is 1.31 bits per heavy atom. The third-order valence-electron chi connectivity index (χ3n) is 6.33. The van der Waals surface area contributed by atoms with Crippen molar-refractivity contribution in [2.75, 3.05) is 0 Å². The molecule has 1 aliphatic carbocycles. The van der Waals surface area contributed by atoms with E-state index in [4.69, 9.17) is 0 Å². The molecular weight excluding hydrogens is 503 g/mol. The van der Waals surface area contributed by atoms with Crippen molar-refractivity contribution in [3.05, 3.63) is 58.7 Å². The molecule has 0 unspecified atom stereocenters. The number of alkyl halides is 5. The van der Waals surface area contributed by atoms with Crippen LogP contribution in [0.5, 0.6) is 11.5 Å². The fraction of sp³-hybridized carbons (Fsp3) is 0.520. The van der Waals surface area contributed by atoms with E-state index in [0.717, 1.165) is 50.7 Å². The van der Waals surface area contributed by atoms with Gasteiger partial charge in [0.2, 0.25) is 5.75 Å². The van der Waals surface area contributed by atoms with Crippen molar-refractivity contribution in [2.24, 2.45) is 5.92 Å². The van der Waals surface area contributed by atoms with Crippen LogP contribution in [0.4, 0.5) is 39.5 Å². The molecule has 1 fully saturated rings. The van der Waals surface area contributed by atoms with E-state index in [1.807, 2.05) is 0 Å². The van der Waals surface area contributed by atoms with E-state index in [1.54, 1.807) is 0 Å². The molecule has 200 valence electrons. The Morgan fingerprint density at radius 3 is 1.81 bits per heavy atom. The average Bonchev–Trinajstić information content (AvgIpc) is 2.75. The fourth-order valence-corrected chi connectivity index (χ4v) is 4.58. The molecule has 0 spiro atoms. The summed E-state index contributed by atoms with van der Waals surface area (Å²) >= 11 is 0. The average molecular weight is 528 g/mol. The summed E-state index contributed by atoms with van der Waals surface area (Å²) in [5.41, 5.74) is -1.56. The van der Waals surface area contributed by atoms with Crippen LogP contribution in [0.15, 0.2) is 24.3 Å². The first-order valence-corrected chi connectivity index (χ1v) is 11.6. The SMILES string of the molecule is CCCCC[C@H]1CC[C@H](c2cc(F)c(C(F)(F)Oc3cc(F)c(OC(F)(F)F)c(F)c3)c(F)c2)CC1. The Balaban J connectivity index is 1.75. The van der Waals surface area contributed by atoms with Crippen LogP contribution in [0, 0.1) is 29.2 Å². The minimum atomic E-state index is -5.45. The van der Waals surface area contributed by atoms with Crippen molar-refractivity contribution < 1.29 is 49.0 Å². The van der Waals surface area contributed by atoms with Crippen molar-refractivity contribution in [1.82, 2.24) is 0 Å². The normalized spacial score (nSPS) is 18.8. The summed E-state index contributed by atoms with van der Waals surface area (Å²) in [6, 6.07) is 1.56. The molecule has 0 saturated heterocycles. The van der Waals surface area contributed by atoms with Gasteiger partial charge in [-0.25, -0.2) is 17.6 Å². The van der Waals surface area contributed by atoms with Crippen molar-refractivity contribution in [3.8, 4) is 11.5 Å². The second kappa shape index (κ2) is 11.2. The maximum Gasteiger partial charge on any atom is 0.573 e. The van der Waals surface area contributed by atoms with E-state index >= 15 is 0 Å². The highest BCUT2D eigenvalue weighted by Crippen LogP contribution is 2.42. The summed E-state index contributed by atoms with van der Waals surface area (Å²) in [4.78, 5) is 0. The van der Waals surface area contributed by atoms with Crippen LogP contribution in [-0.2, 0) is 6.11 Å². The van der Waals surface area contributed by atoms with E-state index < -0.39 is 52.8 Å². The predicted molar refractivity (Wildman–Crippen MR) is 113 cm³/mol. The first kappa shape index (κ1) is 28.0. The summed E-state index contributed by atoms with van der Waals surface area (Å²) in [5, 5.41) is 0. The molecule has 0 N–H and O–H groups in total. The highest BCUT2D eigenvalue weighted by molar-refractivity contribution is 5.37. The Kier molecular flexibility index (Phi) is 8.71. The first-order valence-electron chi connectivity index (χ1n) is 11.6. The Bertz CT molecular complexity index is 998. The summed E-state index contributed by atoms with van der Waals surface area (Å²) in [7, 11) is 0. The van der Waals surface area contributed by atoms with Gasteiger partial charge in [0.15, 0.2) is 11.6 Å². The molecule has 0 radical (unpaired) electrons. The molecule has 2 nitrogen and oxygen atoms in total. The number of unbranched alkanes of at least 4 members (excludes halogenated alkanes) is 2. The van der Waals surface area contributed by atoms with Crippen LogP contribution in [0.25, 0.3) is 0 Å². The number of hydrogen-bond acceptors (Lipinski definition) is 2. The van der Waals surface area contributed by atoms with Gasteiger partial charge in [-0.2, -0.15) is 8.78 Å². The molecule has 1 saturated carbocycles. The molecule has 1 aliphatic rings. The van der Waals surface area contributed by atoms with Gasteiger partial charge in [0, 0.05) is 12.1 Å². The first-order chi connectivity index (χ1) is 16.8. The lowest BCUT2D eigenvalue weighted by molar-refractivity contribution is -0.276. The molecule has 0 bridgehead atoms. The maximum absolute atomic E-state index is 14.7. The molecule has 0 aliphatic heterocycles. The molecule has 0 aromatic heterocycles. The molecule has 2 aromatic rings. The smallest absolute Gasteiger partial charge is 0.429 e. The molecule has 3 rings (SSSR count). The van der Waals surface area contributed by atoms with Gasteiger partial charge in [-0.15, -0.1) is 13.2 Å². The lowest BCUT2D eigenvalue weighted by Crippen LogP contribution is -2.26. The van der Waals surface area contributed by atoms with Crippen molar-refractivity contribution in [3.63, 3.8) is 0 Å². The Hall–Kier alpha value is -2.59. The third-order valence-corrected chi connectivity index (χ3v) is 6.33. The summed E-state index contributed by atoms with van der Waals surface area (Å²) in [6.07, 6.45) is -2.69. The van der Waals surface area contributed by atoms with Crippen molar-refractivity contribution >= 4 is 0 Å². The fourth-order valence-electron chi connectivity index (χ4n) is 4.58. The molecule has 11 heteroatoms. The lowest BCUT2D eigenvalue weighted by Gasteiger charge is -2.29. The number of hydrogen-bond donors (Lipinski definition) is 0. The Labute approximate surface area is 202 Å². The number of rotatable bonds is 9. The minimum absolute atomic E-state index is 0.0127. The van der Waals surface area contributed by atoms with Crippen LogP contribution >= 0.6 is 0 Å². The molecule has 36 heavy (non-hydrogen) atoms. The second-order valence-electron chi connectivity index (χ2n) is 8.96. The van der Waals surface area contributed by atoms with Gasteiger partial charge < -0.3 is 9.47 Å². The minimum Gasteiger partial charge on any atom is -0.429 e. The van der Waals surface area contributed by atoms with Crippen LogP contribution < -0.4 is 9.47 Å². The second-order valence-corrected chi connectivity index (χ2v) is 8.96. The van der Waals surface area contributed by atoms with E-state index in [0.29, 0.717) is 18.8 Å². The van der Waals surface area contributed by atoms with Crippen LogP contribution in [0.2, 0.25) is 0 Å².